The molecule has 5 heteroatoms. The lowest BCUT2D eigenvalue weighted by atomic mass is 10.4. The molecule has 1 aliphatic heterocycles. The van der Waals surface area contributed by atoms with Crippen molar-refractivity contribution >= 4 is 5.88 Å². The Morgan fingerprint density at radius 2 is 2.29 bits per heavy atom. The summed E-state index contributed by atoms with van der Waals surface area (Å²) >= 11 is 0. The summed E-state index contributed by atoms with van der Waals surface area (Å²) in [5.41, 5.74) is 0.939. The van der Waals surface area contributed by atoms with Gasteiger partial charge in [-0.2, -0.15) is 0 Å². The normalized spacial score (nSPS) is 17.4. The van der Waals surface area contributed by atoms with E-state index >= 15 is 0 Å². The smallest absolute Gasteiger partial charge is 0.227 e. The Hall–Kier alpha value is -1.07. The minimum Gasteiger partial charge on any atom is -0.378 e. The van der Waals surface area contributed by atoms with Crippen molar-refractivity contribution in [1.82, 2.24) is 10.5 Å². The number of nitrogens with zero attached hydrogens (tertiary/aromatic N) is 2. The molecular weight excluding hydrogens is 182 g/mol. The molecule has 1 fully saturated rings. The van der Waals surface area contributed by atoms with E-state index in [1.165, 1.54) is 0 Å². The number of nitrogens with one attached hydrogen (secondary N) is 1. The van der Waals surface area contributed by atoms with Crippen LogP contribution in [0.15, 0.2) is 10.6 Å². The third kappa shape index (κ3) is 2.05. The molecule has 0 bridgehead atoms. The fourth-order valence-electron chi connectivity index (χ4n) is 1.50. The largest absolute Gasteiger partial charge is 0.378 e. The van der Waals surface area contributed by atoms with Gasteiger partial charge >= 0.3 is 0 Å². The van der Waals surface area contributed by atoms with Crippen molar-refractivity contribution in [1.29, 1.82) is 0 Å². The minimum absolute atomic E-state index is 0.744. The maximum Gasteiger partial charge on any atom is 0.227 e. The molecule has 0 amide bonds. The molecule has 1 N–H and O–H groups in total. The van der Waals surface area contributed by atoms with Gasteiger partial charge in [-0.1, -0.05) is 5.16 Å². The molecule has 0 unspecified atom stereocenters. The number of hydrogen-bond donors (Lipinski definition) is 1. The monoisotopic (exact) mass is 197 g/mol. The van der Waals surface area contributed by atoms with E-state index in [1.54, 1.807) is 0 Å². The lowest BCUT2D eigenvalue weighted by Gasteiger charge is -2.25. The van der Waals surface area contributed by atoms with Crippen LogP contribution in [0.2, 0.25) is 0 Å². The first-order valence-electron chi connectivity index (χ1n) is 4.83. The Morgan fingerprint density at radius 1 is 1.50 bits per heavy atom. The average Bonchev–Trinajstić information content (AvgIpc) is 2.68. The quantitative estimate of drug-likeness (QED) is 0.751. The van der Waals surface area contributed by atoms with Gasteiger partial charge in [-0.3, -0.25) is 0 Å². The van der Waals surface area contributed by atoms with E-state index in [0.29, 0.717) is 0 Å². The van der Waals surface area contributed by atoms with Crippen molar-refractivity contribution in [3.8, 4) is 0 Å². The van der Waals surface area contributed by atoms with Gasteiger partial charge in [-0.25, -0.2) is 0 Å². The van der Waals surface area contributed by atoms with Crippen LogP contribution in [-0.4, -0.2) is 38.5 Å². The minimum atomic E-state index is 0.744. The first-order chi connectivity index (χ1) is 6.90. The van der Waals surface area contributed by atoms with Crippen molar-refractivity contribution in [3.63, 3.8) is 0 Å². The van der Waals surface area contributed by atoms with Crippen LogP contribution in [0.5, 0.6) is 0 Å². The zero-order valence-corrected chi connectivity index (χ0v) is 8.32. The van der Waals surface area contributed by atoms with E-state index in [1.807, 2.05) is 13.1 Å². The fourth-order valence-corrected chi connectivity index (χ4v) is 1.50. The van der Waals surface area contributed by atoms with Crippen molar-refractivity contribution < 1.29 is 9.26 Å². The summed E-state index contributed by atoms with van der Waals surface area (Å²) in [4.78, 5) is 2.15. The average molecular weight is 197 g/mol. The van der Waals surface area contributed by atoms with E-state index in [0.717, 1.165) is 44.4 Å². The van der Waals surface area contributed by atoms with Crippen molar-refractivity contribution in [2.45, 2.75) is 6.54 Å². The molecule has 1 saturated heterocycles. The molecule has 1 aromatic heterocycles. The summed E-state index contributed by atoms with van der Waals surface area (Å²) in [6.45, 7) is 4.04. The first kappa shape index (κ1) is 9.48. The van der Waals surface area contributed by atoms with E-state index in [-0.39, 0.29) is 0 Å². The van der Waals surface area contributed by atoms with Crippen LogP contribution in [0.1, 0.15) is 5.69 Å². The van der Waals surface area contributed by atoms with Crippen LogP contribution in [0.4, 0.5) is 5.88 Å². The summed E-state index contributed by atoms with van der Waals surface area (Å²) in [7, 11) is 1.89. The molecular formula is C9H15N3O2. The maximum absolute atomic E-state index is 5.26. The van der Waals surface area contributed by atoms with E-state index in [4.69, 9.17) is 9.26 Å². The standard InChI is InChI=1S/C9H15N3O2/c1-10-7-8-6-9(14-11-8)12-2-4-13-5-3-12/h6,10H,2-5,7H2,1H3. The Kier molecular flexibility index (Phi) is 3.00. The van der Waals surface area contributed by atoms with Crippen molar-refractivity contribution in [2.24, 2.45) is 0 Å². The van der Waals surface area contributed by atoms with Crippen LogP contribution in [0.3, 0.4) is 0 Å². The van der Waals surface area contributed by atoms with Gasteiger partial charge in [0.15, 0.2) is 0 Å². The number of aromatic nitrogens is 1. The molecule has 5 nitrogen and oxygen atoms in total. The predicted molar refractivity (Wildman–Crippen MR) is 52.3 cm³/mol. The van der Waals surface area contributed by atoms with Crippen LogP contribution in [0.25, 0.3) is 0 Å². The molecule has 0 aromatic carbocycles. The molecule has 2 heterocycles. The van der Waals surface area contributed by atoms with Crippen LogP contribution < -0.4 is 10.2 Å². The second kappa shape index (κ2) is 4.43. The summed E-state index contributed by atoms with van der Waals surface area (Å²) in [6.07, 6.45) is 0. The molecule has 0 radical (unpaired) electrons. The number of morpholine rings is 1. The Labute approximate surface area is 83.0 Å². The molecule has 78 valence electrons. The van der Waals surface area contributed by atoms with Gasteiger partial charge in [0.2, 0.25) is 5.88 Å². The zero-order chi connectivity index (χ0) is 9.80. The van der Waals surface area contributed by atoms with Crippen LogP contribution in [0, 0.1) is 0 Å². The molecule has 1 aromatic rings. The van der Waals surface area contributed by atoms with Gasteiger partial charge in [0.05, 0.1) is 18.9 Å². The van der Waals surface area contributed by atoms with E-state index in [2.05, 4.69) is 15.4 Å². The molecule has 2 rings (SSSR count). The van der Waals surface area contributed by atoms with Gasteiger partial charge in [-0.15, -0.1) is 0 Å². The highest BCUT2D eigenvalue weighted by Gasteiger charge is 2.15. The van der Waals surface area contributed by atoms with Gasteiger partial charge in [0.25, 0.3) is 0 Å². The van der Waals surface area contributed by atoms with Gasteiger partial charge < -0.3 is 19.5 Å². The van der Waals surface area contributed by atoms with Gasteiger partial charge in [0, 0.05) is 25.7 Å². The number of ether oxygens (including phenoxy) is 1. The summed E-state index contributed by atoms with van der Waals surface area (Å²) in [5, 5.41) is 7.00. The molecule has 14 heavy (non-hydrogen) atoms. The van der Waals surface area contributed by atoms with Crippen molar-refractivity contribution in [2.75, 3.05) is 38.3 Å². The zero-order valence-electron chi connectivity index (χ0n) is 8.32. The highest BCUT2D eigenvalue weighted by molar-refractivity contribution is 5.36. The highest BCUT2D eigenvalue weighted by Crippen LogP contribution is 2.16. The maximum atomic E-state index is 5.26. The predicted octanol–water partition coefficient (Wildman–Crippen LogP) is 0.231. The number of anilines is 1. The highest BCUT2D eigenvalue weighted by atomic mass is 16.5. The second-order valence-corrected chi connectivity index (χ2v) is 3.29. The topological polar surface area (TPSA) is 50.5 Å². The van der Waals surface area contributed by atoms with E-state index < -0.39 is 0 Å². The second-order valence-electron chi connectivity index (χ2n) is 3.29. The van der Waals surface area contributed by atoms with Crippen LogP contribution >= 0.6 is 0 Å². The Balaban J connectivity index is 2.00. The van der Waals surface area contributed by atoms with Crippen LogP contribution in [-0.2, 0) is 11.3 Å². The van der Waals surface area contributed by atoms with Gasteiger partial charge in [-0.05, 0) is 7.05 Å². The van der Waals surface area contributed by atoms with Gasteiger partial charge in [0.1, 0.15) is 0 Å². The summed E-state index contributed by atoms with van der Waals surface area (Å²) in [6, 6.07) is 1.97. The Morgan fingerprint density at radius 3 is 3.00 bits per heavy atom. The summed E-state index contributed by atoms with van der Waals surface area (Å²) in [5.74, 6) is 0.846. The molecule has 0 saturated carbocycles. The molecule has 0 aliphatic carbocycles. The molecule has 1 aliphatic rings. The van der Waals surface area contributed by atoms with E-state index in [9.17, 15) is 0 Å². The summed E-state index contributed by atoms with van der Waals surface area (Å²) < 4.78 is 10.5. The number of rotatable bonds is 3. The molecule has 0 atom stereocenters. The first-order valence-corrected chi connectivity index (χ1v) is 4.83. The SMILES string of the molecule is CNCc1cc(N2CCOCC2)on1. The fraction of sp³-hybridized carbons (Fsp3) is 0.667. The number of hydrogen-bond acceptors (Lipinski definition) is 5. The third-order valence-corrected chi connectivity index (χ3v) is 2.23. The third-order valence-electron chi connectivity index (χ3n) is 2.23. The molecule has 0 spiro atoms. The lowest BCUT2D eigenvalue weighted by molar-refractivity contribution is 0.120. The Bertz CT molecular complexity index is 281. The van der Waals surface area contributed by atoms with Crippen molar-refractivity contribution in [3.05, 3.63) is 11.8 Å². The lowest BCUT2D eigenvalue weighted by Crippen LogP contribution is -2.35.